The van der Waals surface area contributed by atoms with Gasteiger partial charge in [0, 0.05) is 12.6 Å². The molecule has 0 N–H and O–H groups in total. The lowest BCUT2D eigenvalue weighted by Crippen LogP contribution is -2.39. The molecule has 140 valence electrons. The molecule has 2 rings (SSSR count). The number of hydrogen-bond acceptors (Lipinski definition) is 2. The third kappa shape index (κ3) is 5.33. The minimum atomic E-state index is 0.342. The van der Waals surface area contributed by atoms with Gasteiger partial charge in [0.25, 0.3) is 0 Å². The molecule has 0 saturated heterocycles. The summed E-state index contributed by atoms with van der Waals surface area (Å²) >= 11 is 0. The molecule has 2 aliphatic rings. The summed E-state index contributed by atoms with van der Waals surface area (Å²) < 4.78 is 6.20. The minimum Gasteiger partial charge on any atom is -0.373 e. The maximum absolute atomic E-state index is 6.20. The molecule has 2 aliphatic carbocycles. The van der Waals surface area contributed by atoms with E-state index in [0.717, 1.165) is 25.1 Å². The first-order chi connectivity index (χ1) is 11.4. The lowest BCUT2D eigenvalue weighted by Gasteiger charge is -2.39. The maximum atomic E-state index is 6.20. The molecular weight excluding hydrogens is 294 g/mol. The van der Waals surface area contributed by atoms with Crippen molar-refractivity contribution in [3.8, 4) is 0 Å². The number of nitrogens with zero attached hydrogens (tertiary/aromatic N) is 1. The van der Waals surface area contributed by atoms with Gasteiger partial charge < -0.3 is 4.74 Å². The van der Waals surface area contributed by atoms with E-state index in [1.165, 1.54) is 51.5 Å². The molecule has 2 unspecified atom stereocenters. The van der Waals surface area contributed by atoms with Gasteiger partial charge in [-0.15, -0.1) is 0 Å². The normalized spacial score (nSPS) is 26.5. The molecule has 0 aromatic rings. The van der Waals surface area contributed by atoms with E-state index in [2.05, 4.69) is 51.7 Å². The highest BCUT2D eigenvalue weighted by Gasteiger charge is 2.32. The van der Waals surface area contributed by atoms with Crippen molar-refractivity contribution in [3.63, 3.8) is 0 Å². The number of rotatable bonds is 8. The summed E-state index contributed by atoms with van der Waals surface area (Å²) in [4.78, 5) is 2.65. The molecule has 24 heavy (non-hydrogen) atoms. The van der Waals surface area contributed by atoms with E-state index < -0.39 is 0 Å². The third-order valence-corrected chi connectivity index (χ3v) is 6.97. The molecule has 2 heteroatoms. The summed E-state index contributed by atoms with van der Waals surface area (Å²) in [5, 5.41) is 0. The van der Waals surface area contributed by atoms with Crippen LogP contribution < -0.4 is 0 Å². The van der Waals surface area contributed by atoms with Crippen LogP contribution in [-0.4, -0.2) is 36.7 Å². The summed E-state index contributed by atoms with van der Waals surface area (Å²) in [5.41, 5.74) is 0.390. The van der Waals surface area contributed by atoms with Gasteiger partial charge in [-0.1, -0.05) is 66.0 Å². The van der Waals surface area contributed by atoms with Gasteiger partial charge in [-0.3, -0.25) is 4.90 Å². The molecule has 0 spiro atoms. The van der Waals surface area contributed by atoms with Gasteiger partial charge in [-0.05, 0) is 49.5 Å². The lowest BCUT2D eigenvalue weighted by molar-refractivity contribution is 0.0332. The Bertz CT molecular complexity index is 381. The summed E-state index contributed by atoms with van der Waals surface area (Å²) in [6, 6.07) is 0.811. The zero-order valence-corrected chi connectivity index (χ0v) is 16.9. The van der Waals surface area contributed by atoms with Crippen LogP contribution in [0.15, 0.2) is 12.2 Å². The largest absolute Gasteiger partial charge is 0.373 e. The Morgan fingerprint density at radius 1 is 1.04 bits per heavy atom. The molecule has 1 saturated carbocycles. The van der Waals surface area contributed by atoms with Crippen LogP contribution in [0.3, 0.4) is 0 Å². The lowest BCUT2D eigenvalue weighted by atomic mass is 9.67. The van der Waals surface area contributed by atoms with Crippen molar-refractivity contribution in [1.82, 2.24) is 4.90 Å². The Morgan fingerprint density at radius 2 is 1.75 bits per heavy atom. The smallest absolute Gasteiger partial charge is 0.0756 e. The number of hydrogen-bond donors (Lipinski definition) is 0. The zero-order chi connectivity index (χ0) is 17.6. The fourth-order valence-electron chi connectivity index (χ4n) is 4.35. The molecule has 0 bridgehead atoms. The van der Waals surface area contributed by atoms with Crippen LogP contribution >= 0.6 is 0 Å². The Morgan fingerprint density at radius 3 is 2.29 bits per heavy atom. The summed E-state index contributed by atoms with van der Waals surface area (Å²) in [5.74, 6) is 1.42. The molecule has 1 fully saturated rings. The van der Waals surface area contributed by atoms with Gasteiger partial charge in [0.1, 0.15) is 0 Å². The molecule has 2 nitrogen and oxygen atoms in total. The highest BCUT2D eigenvalue weighted by Crippen LogP contribution is 2.40. The second-order valence-corrected chi connectivity index (χ2v) is 8.87. The zero-order valence-electron chi connectivity index (χ0n) is 16.9. The van der Waals surface area contributed by atoms with Crippen molar-refractivity contribution < 1.29 is 4.74 Å². The van der Waals surface area contributed by atoms with Crippen LogP contribution in [-0.2, 0) is 4.74 Å². The van der Waals surface area contributed by atoms with Crippen LogP contribution in [0, 0.1) is 17.3 Å². The topological polar surface area (TPSA) is 12.5 Å². The standard InChI is InChI=1S/C22H41NO/c1-6-23(20-10-8-7-9-11-20)16-17-24-21-14-12-19(13-15-21)22(4,5)18(2)3/h12,14,18-21H,6-11,13,15-17H2,1-5H3. The quantitative estimate of drug-likeness (QED) is 0.529. The van der Waals surface area contributed by atoms with E-state index >= 15 is 0 Å². The van der Waals surface area contributed by atoms with Crippen molar-refractivity contribution in [2.45, 2.75) is 91.7 Å². The summed E-state index contributed by atoms with van der Waals surface area (Å²) in [6.45, 7) is 15.0. The van der Waals surface area contributed by atoms with Gasteiger partial charge in [0.2, 0.25) is 0 Å². The molecule has 0 radical (unpaired) electrons. The molecule has 0 amide bonds. The highest BCUT2D eigenvalue weighted by molar-refractivity contribution is 5.04. The van der Waals surface area contributed by atoms with E-state index in [1.54, 1.807) is 0 Å². The van der Waals surface area contributed by atoms with Crippen molar-refractivity contribution >= 4 is 0 Å². The second-order valence-electron chi connectivity index (χ2n) is 8.87. The molecule has 0 aromatic heterocycles. The van der Waals surface area contributed by atoms with E-state index in [4.69, 9.17) is 4.74 Å². The SMILES string of the molecule is CCN(CCOC1C=CC(C(C)(C)C(C)C)CC1)C1CCCCC1. The van der Waals surface area contributed by atoms with Gasteiger partial charge in [-0.25, -0.2) is 0 Å². The molecule has 2 atom stereocenters. The van der Waals surface area contributed by atoms with Crippen LogP contribution in [0.4, 0.5) is 0 Å². The molecule has 0 heterocycles. The number of likely N-dealkylation sites (N-methyl/N-ethyl adjacent to an activating group) is 1. The monoisotopic (exact) mass is 335 g/mol. The van der Waals surface area contributed by atoms with Crippen molar-refractivity contribution in [2.24, 2.45) is 17.3 Å². The Labute approximate surface area is 151 Å². The fourth-order valence-corrected chi connectivity index (χ4v) is 4.35. The van der Waals surface area contributed by atoms with E-state index in [-0.39, 0.29) is 0 Å². The first-order valence-corrected chi connectivity index (χ1v) is 10.5. The molecule has 0 aliphatic heterocycles. The van der Waals surface area contributed by atoms with Crippen molar-refractivity contribution in [2.75, 3.05) is 19.7 Å². The summed E-state index contributed by atoms with van der Waals surface area (Å²) in [6.07, 6.45) is 14.6. The fraction of sp³-hybridized carbons (Fsp3) is 0.909. The predicted octanol–water partition coefficient (Wildman–Crippen LogP) is 5.67. The first-order valence-electron chi connectivity index (χ1n) is 10.5. The summed E-state index contributed by atoms with van der Waals surface area (Å²) in [7, 11) is 0. The van der Waals surface area contributed by atoms with Gasteiger partial charge in [0.15, 0.2) is 0 Å². The molecular formula is C22H41NO. The van der Waals surface area contributed by atoms with Crippen LogP contribution in [0.1, 0.15) is 79.6 Å². The van der Waals surface area contributed by atoms with E-state index in [9.17, 15) is 0 Å². The third-order valence-electron chi connectivity index (χ3n) is 6.97. The maximum Gasteiger partial charge on any atom is 0.0756 e. The average Bonchev–Trinajstić information content (AvgIpc) is 2.60. The van der Waals surface area contributed by atoms with Gasteiger partial charge in [0.05, 0.1) is 12.7 Å². The number of ether oxygens (including phenoxy) is 1. The second kappa shape index (κ2) is 9.38. The minimum absolute atomic E-state index is 0.342. The number of allylic oxidation sites excluding steroid dienone is 1. The van der Waals surface area contributed by atoms with E-state index in [0.29, 0.717) is 17.4 Å². The predicted molar refractivity (Wildman–Crippen MR) is 104 cm³/mol. The van der Waals surface area contributed by atoms with Crippen LogP contribution in [0.5, 0.6) is 0 Å². The van der Waals surface area contributed by atoms with Crippen LogP contribution in [0.25, 0.3) is 0 Å². The highest BCUT2D eigenvalue weighted by atomic mass is 16.5. The Hall–Kier alpha value is -0.340. The Balaban J connectivity index is 1.73. The van der Waals surface area contributed by atoms with Gasteiger partial charge >= 0.3 is 0 Å². The van der Waals surface area contributed by atoms with E-state index in [1.807, 2.05) is 0 Å². The first kappa shape index (κ1) is 20.0. The van der Waals surface area contributed by atoms with Crippen LogP contribution in [0.2, 0.25) is 0 Å². The van der Waals surface area contributed by atoms with Crippen molar-refractivity contribution in [3.05, 3.63) is 12.2 Å². The molecule has 0 aromatic carbocycles. The average molecular weight is 336 g/mol. The van der Waals surface area contributed by atoms with Gasteiger partial charge in [-0.2, -0.15) is 0 Å². The Kier molecular flexibility index (Phi) is 7.81. The van der Waals surface area contributed by atoms with Crippen molar-refractivity contribution in [1.29, 1.82) is 0 Å².